The summed E-state index contributed by atoms with van der Waals surface area (Å²) in [6.45, 7) is 5.48. The molecule has 1 aromatic heterocycles. The number of anilines is 1. The van der Waals surface area contributed by atoms with Gasteiger partial charge >= 0.3 is 6.09 Å². The van der Waals surface area contributed by atoms with Crippen molar-refractivity contribution in [2.75, 3.05) is 31.1 Å². The van der Waals surface area contributed by atoms with E-state index in [1.54, 1.807) is 11.2 Å². The van der Waals surface area contributed by atoms with Crippen LogP contribution in [0.4, 0.5) is 10.6 Å². The number of nitrogens with zero attached hydrogens (tertiary/aromatic N) is 4. The van der Waals surface area contributed by atoms with E-state index in [-0.39, 0.29) is 0 Å². The summed E-state index contributed by atoms with van der Waals surface area (Å²) < 4.78 is 0. The molecule has 1 amide bonds. The maximum Gasteiger partial charge on any atom is 0.407 e. The third kappa shape index (κ3) is 3.31. The van der Waals surface area contributed by atoms with Crippen LogP contribution in [0.2, 0.25) is 0 Å². The van der Waals surface area contributed by atoms with E-state index < -0.39 is 6.09 Å². The topological polar surface area (TPSA) is 69.6 Å². The van der Waals surface area contributed by atoms with Crippen molar-refractivity contribution in [2.24, 2.45) is 11.8 Å². The van der Waals surface area contributed by atoms with E-state index in [1.165, 1.54) is 12.8 Å². The van der Waals surface area contributed by atoms with Gasteiger partial charge in [-0.15, -0.1) is 0 Å². The normalized spacial score (nSPS) is 21.1. The zero-order chi connectivity index (χ0) is 15.5. The molecule has 3 heterocycles. The van der Waals surface area contributed by atoms with Gasteiger partial charge in [-0.05, 0) is 44.4 Å². The van der Waals surface area contributed by atoms with Crippen molar-refractivity contribution in [3.05, 3.63) is 18.1 Å². The number of amides is 1. The Balaban J connectivity index is 1.51. The van der Waals surface area contributed by atoms with Crippen molar-refractivity contribution in [3.8, 4) is 0 Å². The van der Waals surface area contributed by atoms with Gasteiger partial charge in [0, 0.05) is 37.9 Å². The summed E-state index contributed by atoms with van der Waals surface area (Å²) in [6.07, 6.45) is 5.26. The molecule has 0 atom stereocenters. The molecule has 0 spiro atoms. The molecule has 0 saturated carbocycles. The van der Waals surface area contributed by atoms with Crippen molar-refractivity contribution in [3.63, 3.8) is 0 Å². The Kier molecular flexibility index (Phi) is 4.45. The fraction of sp³-hybridized carbons (Fsp3) is 0.688. The molecule has 2 fully saturated rings. The number of likely N-dealkylation sites (tertiary alicyclic amines) is 1. The minimum absolute atomic E-state index is 0.685. The van der Waals surface area contributed by atoms with Crippen LogP contribution in [0.1, 0.15) is 31.4 Å². The van der Waals surface area contributed by atoms with Gasteiger partial charge in [0.05, 0.1) is 0 Å². The number of rotatable bonds is 2. The minimum atomic E-state index is -0.771. The number of piperidine rings is 2. The molecule has 0 unspecified atom stereocenters. The van der Waals surface area contributed by atoms with Crippen molar-refractivity contribution < 1.29 is 9.90 Å². The molecule has 0 aromatic carbocycles. The van der Waals surface area contributed by atoms with Crippen molar-refractivity contribution >= 4 is 11.9 Å². The lowest BCUT2D eigenvalue weighted by atomic mass is 9.79. The van der Waals surface area contributed by atoms with Gasteiger partial charge < -0.3 is 14.9 Å². The fourth-order valence-corrected chi connectivity index (χ4v) is 3.78. The van der Waals surface area contributed by atoms with Crippen LogP contribution < -0.4 is 4.90 Å². The van der Waals surface area contributed by atoms with E-state index in [0.29, 0.717) is 19.0 Å². The van der Waals surface area contributed by atoms with Crippen LogP contribution in [0.3, 0.4) is 0 Å². The Morgan fingerprint density at radius 1 is 1.09 bits per heavy atom. The van der Waals surface area contributed by atoms with Crippen molar-refractivity contribution in [2.45, 2.75) is 32.6 Å². The number of carboxylic acid groups (broad SMARTS) is 1. The summed E-state index contributed by atoms with van der Waals surface area (Å²) >= 11 is 0. The maximum absolute atomic E-state index is 11.0. The Morgan fingerprint density at radius 3 is 2.23 bits per heavy atom. The van der Waals surface area contributed by atoms with E-state index in [0.717, 1.165) is 43.4 Å². The third-order valence-corrected chi connectivity index (χ3v) is 5.13. The zero-order valence-corrected chi connectivity index (χ0v) is 13.1. The van der Waals surface area contributed by atoms with Gasteiger partial charge in [-0.2, -0.15) is 0 Å². The summed E-state index contributed by atoms with van der Waals surface area (Å²) in [5, 5.41) is 9.03. The minimum Gasteiger partial charge on any atom is -0.465 e. The fourth-order valence-electron chi connectivity index (χ4n) is 3.78. The van der Waals surface area contributed by atoms with Crippen LogP contribution >= 0.6 is 0 Å². The molecule has 22 heavy (non-hydrogen) atoms. The second-order valence-corrected chi connectivity index (χ2v) is 6.45. The van der Waals surface area contributed by atoms with Crippen molar-refractivity contribution in [1.82, 2.24) is 14.9 Å². The second-order valence-electron chi connectivity index (χ2n) is 6.45. The molecule has 0 aliphatic carbocycles. The molecule has 1 aromatic rings. The summed E-state index contributed by atoms with van der Waals surface area (Å²) in [5.41, 5.74) is 1.01. The number of aromatic nitrogens is 2. The molecule has 2 aliphatic heterocycles. The average Bonchev–Trinajstić information content (AvgIpc) is 2.55. The average molecular weight is 304 g/mol. The number of carbonyl (C=O) groups is 1. The molecule has 2 saturated heterocycles. The molecule has 6 nitrogen and oxygen atoms in total. The van der Waals surface area contributed by atoms with E-state index in [1.807, 2.05) is 13.0 Å². The van der Waals surface area contributed by atoms with Gasteiger partial charge in [-0.3, -0.25) is 0 Å². The molecular formula is C16H24N4O2. The summed E-state index contributed by atoms with van der Waals surface area (Å²) in [7, 11) is 0. The number of hydrogen-bond acceptors (Lipinski definition) is 4. The molecule has 1 N–H and O–H groups in total. The van der Waals surface area contributed by atoms with Crippen LogP contribution in [0.25, 0.3) is 0 Å². The Bertz CT molecular complexity index is 521. The van der Waals surface area contributed by atoms with E-state index in [9.17, 15) is 4.79 Å². The molecular weight excluding hydrogens is 280 g/mol. The summed E-state index contributed by atoms with van der Waals surface area (Å²) in [5.74, 6) is 2.45. The quantitative estimate of drug-likeness (QED) is 0.908. The molecule has 0 radical (unpaired) electrons. The maximum atomic E-state index is 11.0. The molecule has 6 heteroatoms. The highest BCUT2D eigenvalue weighted by Crippen LogP contribution is 2.33. The lowest BCUT2D eigenvalue weighted by Crippen LogP contribution is -2.42. The summed E-state index contributed by atoms with van der Waals surface area (Å²) in [4.78, 5) is 23.4. The number of aryl methyl sites for hydroxylation is 1. The molecule has 0 bridgehead atoms. The van der Waals surface area contributed by atoms with Crippen LogP contribution in [-0.2, 0) is 0 Å². The van der Waals surface area contributed by atoms with Gasteiger partial charge in [-0.25, -0.2) is 14.8 Å². The lowest BCUT2D eigenvalue weighted by Gasteiger charge is -2.39. The predicted molar refractivity (Wildman–Crippen MR) is 84.0 cm³/mol. The standard InChI is InChI=1S/C16H24N4O2/c1-12-10-15(18-11-17-12)19-6-2-13(3-7-19)14-4-8-20(9-5-14)16(21)22/h10-11,13-14H,2-9H2,1H3,(H,21,22). The third-order valence-electron chi connectivity index (χ3n) is 5.13. The highest BCUT2D eigenvalue weighted by Gasteiger charge is 2.31. The van der Waals surface area contributed by atoms with Crippen LogP contribution in [0, 0.1) is 18.8 Å². The monoisotopic (exact) mass is 304 g/mol. The SMILES string of the molecule is Cc1cc(N2CCC(C3CCN(C(=O)O)CC3)CC2)ncn1. The first-order valence-electron chi connectivity index (χ1n) is 8.15. The molecule has 3 rings (SSSR count). The van der Waals surface area contributed by atoms with Gasteiger partial charge in [0.1, 0.15) is 12.1 Å². The van der Waals surface area contributed by atoms with E-state index in [2.05, 4.69) is 14.9 Å². The van der Waals surface area contributed by atoms with E-state index >= 15 is 0 Å². The number of hydrogen-bond donors (Lipinski definition) is 1. The van der Waals surface area contributed by atoms with Gasteiger partial charge in [0.15, 0.2) is 0 Å². The van der Waals surface area contributed by atoms with Gasteiger partial charge in [0.2, 0.25) is 0 Å². The largest absolute Gasteiger partial charge is 0.465 e. The highest BCUT2D eigenvalue weighted by molar-refractivity contribution is 5.64. The van der Waals surface area contributed by atoms with Gasteiger partial charge in [-0.1, -0.05) is 0 Å². The predicted octanol–water partition coefficient (Wildman–Crippen LogP) is 2.39. The van der Waals surface area contributed by atoms with Crippen LogP contribution in [-0.4, -0.2) is 52.2 Å². The van der Waals surface area contributed by atoms with Gasteiger partial charge in [0.25, 0.3) is 0 Å². The molecule has 120 valence electrons. The first-order chi connectivity index (χ1) is 10.6. The summed E-state index contributed by atoms with van der Waals surface area (Å²) in [6, 6.07) is 2.05. The van der Waals surface area contributed by atoms with Crippen LogP contribution in [0.15, 0.2) is 12.4 Å². The first kappa shape index (κ1) is 15.1. The van der Waals surface area contributed by atoms with Crippen LogP contribution in [0.5, 0.6) is 0 Å². The smallest absolute Gasteiger partial charge is 0.407 e. The Morgan fingerprint density at radius 2 is 1.68 bits per heavy atom. The highest BCUT2D eigenvalue weighted by atomic mass is 16.4. The Labute approximate surface area is 131 Å². The second kappa shape index (κ2) is 6.50. The molecule has 2 aliphatic rings. The zero-order valence-electron chi connectivity index (χ0n) is 13.1. The van der Waals surface area contributed by atoms with Crippen molar-refractivity contribution in [1.29, 1.82) is 0 Å². The first-order valence-corrected chi connectivity index (χ1v) is 8.15. The van der Waals surface area contributed by atoms with E-state index in [4.69, 9.17) is 5.11 Å². The lowest BCUT2D eigenvalue weighted by molar-refractivity contribution is 0.107. The Hall–Kier alpha value is -1.85.